The number of hydrogen-bond donors (Lipinski definition) is 1. The van der Waals surface area contributed by atoms with Crippen LogP contribution in [0.5, 0.6) is 5.75 Å². The van der Waals surface area contributed by atoms with Crippen LogP contribution < -0.4 is 15.0 Å². The van der Waals surface area contributed by atoms with E-state index in [0.717, 1.165) is 38.2 Å². The second kappa shape index (κ2) is 8.49. The molecule has 0 bridgehead atoms. The van der Waals surface area contributed by atoms with Gasteiger partial charge in [-0.25, -0.2) is 0 Å². The molecule has 0 saturated carbocycles. The topological polar surface area (TPSA) is 61.9 Å². The summed E-state index contributed by atoms with van der Waals surface area (Å²) in [7, 11) is 2.13. The lowest BCUT2D eigenvalue weighted by atomic mass is 10.2. The Labute approximate surface area is 153 Å². The van der Waals surface area contributed by atoms with Gasteiger partial charge in [0.1, 0.15) is 12.0 Å². The van der Waals surface area contributed by atoms with E-state index in [1.54, 1.807) is 24.3 Å². The third kappa shape index (κ3) is 4.83. The number of ether oxygens (including phenoxy) is 1. The molecule has 0 unspecified atom stereocenters. The Balaban J connectivity index is 1.48. The molecule has 1 saturated heterocycles. The first-order chi connectivity index (χ1) is 12.6. The third-order valence-electron chi connectivity index (χ3n) is 4.41. The van der Waals surface area contributed by atoms with Crippen molar-refractivity contribution in [2.75, 3.05) is 50.1 Å². The number of nitrogens with zero attached hydrogens (tertiary/aromatic N) is 2. The van der Waals surface area contributed by atoms with Gasteiger partial charge in [0.15, 0.2) is 6.61 Å². The van der Waals surface area contributed by atoms with Crippen molar-refractivity contribution >= 4 is 23.6 Å². The lowest BCUT2D eigenvalue weighted by molar-refractivity contribution is -0.118. The predicted octanol–water partition coefficient (Wildman–Crippen LogP) is 2.27. The second-order valence-electron chi connectivity index (χ2n) is 6.36. The van der Waals surface area contributed by atoms with E-state index in [2.05, 4.69) is 22.2 Å². The van der Waals surface area contributed by atoms with Gasteiger partial charge in [0.25, 0.3) is 5.91 Å². The predicted molar refractivity (Wildman–Crippen MR) is 102 cm³/mol. The Morgan fingerprint density at radius 3 is 2.31 bits per heavy atom. The summed E-state index contributed by atoms with van der Waals surface area (Å²) in [6.07, 6.45) is 0.766. The van der Waals surface area contributed by atoms with Crippen LogP contribution in [0.25, 0.3) is 0 Å². The van der Waals surface area contributed by atoms with E-state index in [9.17, 15) is 9.59 Å². The summed E-state index contributed by atoms with van der Waals surface area (Å²) >= 11 is 0. The maximum Gasteiger partial charge on any atom is 0.262 e. The van der Waals surface area contributed by atoms with Crippen LogP contribution in [0.2, 0.25) is 0 Å². The summed E-state index contributed by atoms with van der Waals surface area (Å²) in [6, 6.07) is 14.5. The van der Waals surface area contributed by atoms with Crippen LogP contribution in [-0.4, -0.2) is 56.9 Å². The van der Waals surface area contributed by atoms with Crippen LogP contribution in [0.1, 0.15) is 10.4 Å². The Hall–Kier alpha value is -2.86. The monoisotopic (exact) mass is 353 g/mol. The fourth-order valence-electron chi connectivity index (χ4n) is 2.81. The minimum atomic E-state index is -0.225. The van der Waals surface area contributed by atoms with Crippen molar-refractivity contribution < 1.29 is 14.3 Å². The molecule has 1 amide bonds. The molecule has 0 spiro atoms. The summed E-state index contributed by atoms with van der Waals surface area (Å²) in [5.74, 6) is 0.327. The van der Waals surface area contributed by atoms with Crippen LogP contribution in [-0.2, 0) is 4.79 Å². The van der Waals surface area contributed by atoms with Crippen LogP contribution in [0.3, 0.4) is 0 Å². The van der Waals surface area contributed by atoms with Gasteiger partial charge in [-0.05, 0) is 55.6 Å². The molecule has 0 atom stereocenters. The minimum Gasteiger partial charge on any atom is -0.484 e. The van der Waals surface area contributed by atoms with Crippen molar-refractivity contribution in [3.05, 3.63) is 54.1 Å². The molecule has 1 heterocycles. The zero-order chi connectivity index (χ0) is 18.4. The average Bonchev–Trinajstić information content (AvgIpc) is 2.68. The molecule has 2 aromatic carbocycles. The number of likely N-dealkylation sites (N-methyl/N-ethyl adjacent to an activating group) is 1. The molecule has 3 rings (SSSR count). The number of carbonyl (C=O) groups is 2. The fraction of sp³-hybridized carbons (Fsp3) is 0.300. The molecule has 0 aliphatic carbocycles. The number of amides is 1. The Morgan fingerprint density at radius 1 is 1.04 bits per heavy atom. The Morgan fingerprint density at radius 2 is 1.69 bits per heavy atom. The first-order valence-corrected chi connectivity index (χ1v) is 8.65. The molecule has 26 heavy (non-hydrogen) atoms. The maximum absolute atomic E-state index is 12.0. The van der Waals surface area contributed by atoms with E-state index in [0.29, 0.717) is 11.3 Å². The average molecular weight is 353 g/mol. The van der Waals surface area contributed by atoms with Crippen LogP contribution in [0, 0.1) is 0 Å². The maximum atomic E-state index is 12.0. The summed E-state index contributed by atoms with van der Waals surface area (Å²) in [5, 5.41) is 2.83. The van der Waals surface area contributed by atoms with Crippen LogP contribution >= 0.6 is 0 Å². The lowest BCUT2D eigenvalue weighted by Gasteiger charge is -2.34. The minimum absolute atomic E-state index is 0.0827. The normalized spacial score (nSPS) is 14.7. The van der Waals surface area contributed by atoms with Gasteiger partial charge in [0.05, 0.1) is 0 Å². The molecule has 136 valence electrons. The summed E-state index contributed by atoms with van der Waals surface area (Å²) in [5.41, 5.74) is 2.48. The van der Waals surface area contributed by atoms with E-state index >= 15 is 0 Å². The van der Waals surface area contributed by atoms with Crippen molar-refractivity contribution in [3.63, 3.8) is 0 Å². The number of hydrogen-bond acceptors (Lipinski definition) is 5. The van der Waals surface area contributed by atoms with Gasteiger partial charge < -0.3 is 19.9 Å². The van der Waals surface area contributed by atoms with Gasteiger partial charge >= 0.3 is 0 Å². The lowest BCUT2D eigenvalue weighted by Crippen LogP contribution is -2.44. The molecule has 6 nitrogen and oxygen atoms in total. The molecule has 0 aromatic heterocycles. The number of benzene rings is 2. The van der Waals surface area contributed by atoms with E-state index < -0.39 is 0 Å². The highest BCUT2D eigenvalue weighted by Crippen LogP contribution is 2.19. The van der Waals surface area contributed by atoms with Crippen molar-refractivity contribution in [3.8, 4) is 5.75 Å². The molecular weight excluding hydrogens is 330 g/mol. The van der Waals surface area contributed by atoms with Gasteiger partial charge in [-0.1, -0.05) is 0 Å². The smallest absolute Gasteiger partial charge is 0.262 e. The van der Waals surface area contributed by atoms with E-state index in [-0.39, 0.29) is 12.5 Å². The molecule has 2 aromatic rings. The van der Waals surface area contributed by atoms with Gasteiger partial charge in [-0.2, -0.15) is 0 Å². The van der Waals surface area contributed by atoms with Crippen molar-refractivity contribution in [2.24, 2.45) is 0 Å². The number of carbonyl (C=O) groups excluding carboxylic acids is 2. The highest BCUT2D eigenvalue weighted by Gasteiger charge is 2.14. The van der Waals surface area contributed by atoms with Gasteiger partial charge in [-0.3, -0.25) is 9.59 Å². The summed E-state index contributed by atoms with van der Waals surface area (Å²) < 4.78 is 5.43. The van der Waals surface area contributed by atoms with E-state index in [1.807, 2.05) is 24.3 Å². The number of piperazine rings is 1. The van der Waals surface area contributed by atoms with E-state index in [1.165, 1.54) is 5.69 Å². The van der Waals surface area contributed by atoms with Gasteiger partial charge in [0, 0.05) is 43.1 Å². The molecule has 6 heteroatoms. The zero-order valence-electron chi connectivity index (χ0n) is 14.9. The molecule has 1 aliphatic rings. The van der Waals surface area contributed by atoms with Crippen LogP contribution in [0.4, 0.5) is 11.4 Å². The first kappa shape index (κ1) is 17.9. The van der Waals surface area contributed by atoms with Crippen molar-refractivity contribution in [2.45, 2.75) is 0 Å². The van der Waals surface area contributed by atoms with Crippen molar-refractivity contribution in [1.82, 2.24) is 4.90 Å². The number of nitrogens with one attached hydrogen (secondary N) is 1. The van der Waals surface area contributed by atoms with Gasteiger partial charge in [-0.15, -0.1) is 0 Å². The molecular formula is C20H23N3O3. The SMILES string of the molecule is CN1CCN(c2ccc(NC(=O)COc3ccc(C=O)cc3)cc2)CC1. The fourth-order valence-corrected chi connectivity index (χ4v) is 2.81. The standard InChI is InChI=1S/C20H23N3O3/c1-22-10-12-23(13-11-22)18-6-4-17(5-7-18)21-20(25)15-26-19-8-2-16(14-24)3-9-19/h2-9,14H,10-13,15H2,1H3,(H,21,25). The summed E-state index contributed by atoms with van der Waals surface area (Å²) in [6.45, 7) is 4.06. The summed E-state index contributed by atoms with van der Waals surface area (Å²) in [4.78, 5) is 27.3. The number of aldehydes is 1. The highest BCUT2D eigenvalue weighted by atomic mass is 16.5. The largest absolute Gasteiger partial charge is 0.484 e. The number of rotatable bonds is 6. The highest BCUT2D eigenvalue weighted by molar-refractivity contribution is 5.92. The molecule has 0 radical (unpaired) electrons. The van der Waals surface area contributed by atoms with Crippen molar-refractivity contribution in [1.29, 1.82) is 0 Å². The quantitative estimate of drug-likeness (QED) is 0.807. The molecule has 1 fully saturated rings. The Bertz CT molecular complexity index is 736. The van der Waals surface area contributed by atoms with E-state index in [4.69, 9.17) is 4.74 Å². The second-order valence-corrected chi connectivity index (χ2v) is 6.36. The molecule has 1 aliphatic heterocycles. The number of anilines is 2. The van der Waals surface area contributed by atoms with Crippen LogP contribution in [0.15, 0.2) is 48.5 Å². The first-order valence-electron chi connectivity index (χ1n) is 8.65. The van der Waals surface area contributed by atoms with Gasteiger partial charge in [0.2, 0.25) is 0 Å². The zero-order valence-corrected chi connectivity index (χ0v) is 14.9. The molecule has 1 N–H and O–H groups in total. The Kier molecular flexibility index (Phi) is 5.86. The third-order valence-corrected chi connectivity index (χ3v) is 4.41.